The summed E-state index contributed by atoms with van der Waals surface area (Å²) in [5.74, 6) is 0.554. The van der Waals surface area contributed by atoms with Crippen LogP contribution in [-0.4, -0.2) is 20.2 Å². The minimum Gasteiger partial charge on any atom is -0.389 e. The predicted octanol–water partition coefficient (Wildman–Crippen LogP) is 1.87. The maximum absolute atomic E-state index is 5.75. The van der Waals surface area contributed by atoms with Crippen molar-refractivity contribution in [1.82, 2.24) is 15.2 Å². The summed E-state index contributed by atoms with van der Waals surface area (Å²) in [4.78, 5) is 4.32. The largest absolute Gasteiger partial charge is 0.389 e. The lowest BCUT2D eigenvalue weighted by Gasteiger charge is -2.12. The van der Waals surface area contributed by atoms with Crippen LogP contribution in [0.1, 0.15) is 16.8 Å². The van der Waals surface area contributed by atoms with Crippen LogP contribution in [0, 0.1) is 13.8 Å². The van der Waals surface area contributed by atoms with Gasteiger partial charge in [-0.25, -0.2) is 0 Å². The van der Waals surface area contributed by atoms with E-state index in [0.717, 1.165) is 22.5 Å². The average molecular weight is 259 g/mol. The normalized spacial score (nSPS) is 10.1. The fraction of sp³-hybridized carbons (Fsp3) is 0.167. The van der Waals surface area contributed by atoms with Crippen LogP contribution in [0.5, 0.6) is 0 Å². The average Bonchev–Trinajstić information content (AvgIpc) is 2.35. The summed E-state index contributed by atoms with van der Waals surface area (Å²) < 4.78 is 0. The number of hydrogen-bond acceptors (Lipinski definition) is 5. The molecule has 0 bridgehead atoms. The molecule has 0 aliphatic rings. The van der Waals surface area contributed by atoms with Crippen LogP contribution in [0.2, 0.25) is 0 Å². The fourth-order valence-electron chi connectivity index (χ4n) is 1.57. The molecule has 2 rings (SSSR count). The lowest BCUT2D eigenvalue weighted by atomic mass is 10.1. The molecule has 0 unspecified atom stereocenters. The second kappa shape index (κ2) is 5.05. The molecule has 3 N–H and O–H groups in total. The van der Waals surface area contributed by atoms with Crippen molar-refractivity contribution in [1.29, 1.82) is 0 Å². The maximum atomic E-state index is 5.75. The lowest BCUT2D eigenvalue weighted by Crippen LogP contribution is -2.16. The number of nitrogens with one attached hydrogen (secondary N) is 1. The molecule has 0 atom stereocenters. The molecule has 2 heterocycles. The first-order valence-electron chi connectivity index (χ1n) is 5.40. The molecule has 0 radical (unpaired) electrons. The Balaban J connectivity index is 2.45. The summed E-state index contributed by atoms with van der Waals surface area (Å²) in [7, 11) is 0. The first kappa shape index (κ1) is 12.4. The summed E-state index contributed by atoms with van der Waals surface area (Å²) in [6.07, 6.45) is 3.39. The molecule has 0 aromatic carbocycles. The Bertz CT molecular complexity index is 583. The van der Waals surface area contributed by atoms with Crippen LogP contribution in [0.4, 0.5) is 11.5 Å². The molecule has 2 aromatic heterocycles. The molecule has 0 aliphatic heterocycles. The SMILES string of the molecule is Cc1nnc(Nc2cccnc2)c(C(N)=S)c1C. The standard InChI is InChI=1S/C12H13N5S/c1-7-8(2)16-17-12(10(7)11(13)18)15-9-4-3-5-14-6-9/h3-6H,1-2H3,(H2,13,18)(H,15,17). The Morgan fingerprint density at radius 2 is 2.11 bits per heavy atom. The van der Waals surface area contributed by atoms with Crippen molar-refractivity contribution in [3.8, 4) is 0 Å². The minimum absolute atomic E-state index is 0.303. The van der Waals surface area contributed by atoms with Gasteiger partial charge in [-0.05, 0) is 31.5 Å². The first-order valence-corrected chi connectivity index (χ1v) is 5.81. The van der Waals surface area contributed by atoms with E-state index in [9.17, 15) is 0 Å². The Hall–Kier alpha value is -2.08. The maximum Gasteiger partial charge on any atom is 0.163 e. The van der Waals surface area contributed by atoms with Crippen LogP contribution in [0.25, 0.3) is 0 Å². The van der Waals surface area contributed by atoms with Gasteiger partial charge in [-0.15, -0.1) is 5.10 Å². The Morgan fingerprint density at radius 1 is 1.33 bits per heavy atom. The van der Waals surface area contributed by atoms with E-state index in [1.165, 1.54) is 0 Å². The second-order valence-corrected chi connectivity index (χ2v) is 4.30. The summed E-state index contributed by atoms with van der Waals surface area (Å²) in [6.45, 7) is 3.80. The van der Waals surface area contributed by atoms with E-state index in [1.807, 2.05) is 26.0 Å². The van der Waals surface area contributed by atoms with Crippen LogP contribution in [0.15, 0.2) is 24.5 Å². The van der Waals surface area contributed by atoms with Crippen molar-refractivity contribution in [3.05, 3.63) is 41.3 Å². The highest BCUT2D eigenvalue weighted by Crippen LogP contribution is 2.21. The monoisotopic (exact) mass is 259 g/mol. The van der Waals surface area contributed by atoms with E-state index in [-0.39, 0.29) is 0 Å². The van der Waals surface area contributed by atoms with Gasteiger partial charge in [-0.3, -0.25) is 4.98 Å². The molecule has 92 valence electrons. The molecular weight excluding hydrogens is 246 g/mol. The highest BCUT2D eigenvalue weighted by molar-refractivity contribution is 7.80. The van der Waals surface area contributed by atoms with Crippen molar-refractivity contribution >= 4 is 28.7 Å². The zero-order valence-electron chi connectivity index (χ0n) is 10.1. The van der Waals surface area contributed by atoms with Crippen LogP contribution >= 0.6 is 12.2 Å². The van der Waals surface area contributed by atoms with Crippen molar-refractivity contribution in [2.75, 3.05) is 5.32 Å². The van der Waals surface area contributed by atoms with E-state index in [2.05, 4.69) is 20.5 Å². The van der Waals surface area contributed by atoms with Crippen molar-refractivity contribution in [3.63, 3.8) is 0 Å². The van der Waals surface area contributed by atoms with Gasteiger partial charge in [-0.2, -0.15) is 5.10 Å². The molecule has 0 aliphatic carbocycles. The summed E-state index contributed by atoms with van der Waals surface area (Å²) >= 11 is 5.07. The molecule has 0 spiro atoms. The molecule has 5 nitrogen and oxygen atoms in total. The molecule has 0 amide bonds. The van der Waals surface area contributed by atoms with E-state index in [0.29, 0.717) is 10.8 Å². The van der Waals surface area contributed by atoms with Crippen LogP contribution < -0.4 is 11.1 Å². The van der Waals surface area contributed by atoms with Gasteiger partial charge in [0, 0.05) is 6.20 Å². The topological polar surface area (TPSA) is 76.7 Å². The highest BCUT2D eigenvalue weighted by Gasteiger charge is 2.13. The van der Waals surface area contributed by atoms with Crippen LogP contribution in [-0.2, 0) is 0 Å². The summed E-state index contributed by atoms with van der Waals surface area (Å²) in [6, 6.07) is 3.71. The number of thiocarbonyl (C=S) groups is 1. The number of hydrogen-bond donors (Lipinski definition) is 2. The van der Waals surface area contributed by atoms with Crippen molar-refractivity contribution in [2.45, 2.75) is 13.8 Å². The minimum atomic E-state index is 0.303. The van der Waals surface area contributed by atoms with Gasteiger partial charge in [0.15, 0.2) is 5.82 Å². The molecule has 0 fully saturated rings. The van der Waals surface area contributed by atoms with Gasteiger partial charge in [0.05, 0.1) is 23.1 Å². The molecule has 0 saturated carbocycles. The third-order valence-electron chi connectivity index (χ3n) is 2.63. The van der Waals surface area contributed by atoms with Gasteiger partial charge in [0.2, 0.25) is 0 Å². The predicted molar refractivity (Wildman–Crippen MR) is 74.9 cm³/mol. The van der Waals surface area contributed by atoms with Gasteiger partial charge < -0.3 is 11.1 Å². The first-order chi connectivity index (χ1) is 8.59. The second-order valence-electron chi connectivity index (χ2n) is 3.86. The van der Waals surface area contributed by atoms with E-state index in [1.54, 1.807) is 12.4 Å². The summed E-state index contributed by atoms with van der Waals surface area (Å²) in [5.41, 5.74) is 9.03. The molecule has 0 saturated heterocycles. The van der Waals surface area contributed by atoms with Gasteiger partial charge in [-0.1, -0.05) is 12.2 Å². The number of anilines is 2. The molecular formula is C12H13N5S. The van der Waals surface area contributed by atoms with Gasteiger partial charge in [0.25, 0.3) is 0 Å². The van der Waals surface area contributed by atoms with Crippen molar-refractivity contribution in [2.24, 2.45) is 5.73 Å². The lowest BCUT2D eigenvalue weighted by molar-refractivity contribution is 0.963. The fourth-order valence-corrected chi connectivity index (χ4v) is 1.82. The highest BCUT2D eigenvalue weighted by atomic mass is 32.1. The van der Waals surface area contributed by atoms with Crippen molar-refractivity contribution < 1.29 is 0 Å². The van der Waals surface area contributed by atoms with Gasteiger partial charge in [0.1, 0.15) is 4.99 Å². The Kier molecular flexibility index (Phi) is 3.47. The van der Waals surface area contributed by atoms with Gasteiger partial charge >= 0.3 is 0 Å². The number of aromatic nitrogens is 3. The van der Waals surface area contributed by atoms with Crippen LogP contribution in [0.3, 0.4) is 0 Å². The molecule has 2 aromatic rings. The number of rotatable bonds is 3. The Labute approximate surface area is 110 Å². The number of aryl methyl sites for hydroxylation is 1. The van der Waals surface area contributed by atoms with E-state index in [4.69, 9.17) is 18.0 Å². The van der Waals surface area contributed by atoms with E-state index >= 15 is 0 Å². The number of nitrogens with two attached hydrogens (primary N) is 1. The number of pyridine rings is 1. The third kappa shape index (κ3) is 2.43. The van der Waals surface area contributed by atoms with E-state index < -0.39 is 0 Å². The molecule has 6 heteroatoms. The number of nitrogens with zero attached hydrogens (tertiary/aromatic N) is 3. The smallest absolute Gasteiger partial charge is 0.163 e. The Morgan fingerprint density at radius 3 is 2.72 bits per heavy atom. The summed E-state index contributed by atoms with van der Waals surface area (Å²) in [5, 5.41) is 11.3. The third-order valence-corrected chi connectivity index (χ3v) is 2.83. The zero-order valence-corrected chi connectivity index (χ0v) is 11.0. The molecule has 18 heavy (non-hydrogen) atoms. The quantitative estimate of drug-likeness (QED) is 0.819. The zero-order chi connectivity index (χ0) is 13.1.